The van der Waals surface area contributed by atoms with Crippen molar-refractivity contribution >= 4 is 22.7 Å². The van der Waals surface area contributed by atoms with Gasteiger partial charge in [0, 0.05) is 44.4 Å². The van der Waals surface area contributed by atoms with Crippen LogP contribution < -0.4 is 10.6 Å². The zero-order valence-corrected chi connectivity index (χ0v) is 18.0. The average molecular weight is 444 g/mol. The molecular weight excluding hydrogens is 418 g/mol. The minimum absolute atomic E-state index is 0.255. The summed E-state index contributed by atoms with van der Waals surface area (Å²) in [4.78, 5) is 17.3. The van der Waals surface area contributed by atoms with E-state index in [1.54, 1.807) is 6.07 Å². The van der Waals surface area contributed by atoms with Crippen LogP contribution in [-0.2, 0) is 6.54 Å². The Bertz CT molecular complexity index is 1130. The molecule has 3 heterocycles. The largest absolute Gasteiger partial charge is 0.387 e. The van der Waals surface area contributed by atoms with Crippen molar-refractivity contribution in [3.05, 3.63) is 53.4 Å². The maximum Gasteiger partial charge on any atom is 0.172 e. The second kappa shape index (κ2) is 8.53. The first-order chi connectivity index (χ1) is 15.1. The Morgan fingerprint density at radius 2 is 1.81 bits per heavy atom. The number of nitrogen functional groups attached to an aromatic ring is 1. The summed E-state index contributed by atoms with van der Waals surface area (Å²) < 4.78 is 27.1. The lowest BCUT2D eigenvalue weighted by Crippen LogP contribution is -2.46. The van der Waals surface area contributed by atoms with Gasteiger partial charge in [0.05, 0.1) is 23.0 Å². The third kappa shape index (κ3) is 4.62. The number of nitrogens with zero attached hydrogens (tertiary/aromatic N) is 5. The van der Waals surface area contributed by atoms with Crippen LogP contribution in [0.15, 0.2) is 30.5 Å². The van der Waals surface area contributed by atoms with Crippen LogP contribution in [0, 0.1) is 11.6 Å². The molecule has 2 aromatic heterocycles. The second-order valence-electron chi connectivity index (χ2n) is 8.59. The van der Waals surface area contributed by atoms with Crippen LogP contribution in [0.1, 0.15) is 31.2 Å². The molecule has 10 heteroatoms. The van der Waals surface area contributed by atoms with Crippen LogP contribution in [0.4, 0.5) is 20.4 Å². The van der Waals surface area contributed by atoms with Gasteiger partial charge in [0.15, 0.2) is 11.6 Å². The normalized spacial score (nSPS) is 16.5. The van der Waals surface area contributed by atoms with Gasteiger partial charge in [-0.05, 0) is 26.0 Å². The van der Waals surface area contributed by atoms with Gasteiger partial charge in [0.1, 0.15) is 23.3 Å². The summed E-state index contributed by atoms with van der Waals surface area (Å²) in [6.07, 6.45) is 0.331. The molecule has 0 bridgehead atoms. The van der Waals surface area contributed by atoms with E-state index in [4.69, 9.17) is 5.73 Å². The van der Waals surface area contributed by atoms with Gasteiger partial charge in [-0.1, -0.05) is 6.07 Å². The number of hydrogen-bond donors (Lipinski definition) is 3. The van der Waals surface area contributed by atoms with E-state index in [-0.39, 0.29) is 11.5 Å². The van der Waals surface area contributed by atoms with Gasteiger partial charge < -0.3 is 20.8 Å². The quantitative estimate of drug-likeness (QED) is 0.548. The van der Waals surface area contributed by atoms with E-state index < -0.39 is 23.3 Å². The molecule has 4 rings (SSSR count). The third-order valence-corrected chi connectivity index (χ3v) is 5.61. The van der Waals surface area contributed by atoms with E-state index in [1.165, 1.54) is 32.2 Å². The molecule has 0 saturated carbocycles. The third-order valence-electron chi connectivity index (χ3n) is 5.61. The number of halogens is 2. The van der Waals surface area contributed by atoms with Gasteiger partial charge in [0.2, 0.25) is 0 Å². The number of rotatable bonds is 5. The predicted molar refractivity (Wildman–Crippen MR) is 117 cm³/mol. The maximum absolute atomic E-state index is 13.9. The highest BCUT2D eigenvalue weighted by molar-refractivity contribution is 5.79. The molecule has 1 aliphatic rings. The van der Waals surface area contributed by atoms with Crippen LogP contribution >= 0.6 is 0 Å². The number of aliphatic hydroxyl groups is 2. The first-order valence-electron chi connectivity index (χ1n) is 10.4. The van der Waals surface area contributed by atoms with Crippen LogP contribution in [-0.4, -0.2) is 61.8 Å². The van der Waals surface area contributed by atoms with Crippen molar-refractivity contribution in [3.63, 3.8) is 0 Å². The maximum atomic E-state index is 13.9. The zero-order chi connectivity index (χ0) is 23.0. The van der Waals surface area contributed by atoms with Crippen molar-refractivity contribution < 1.29 is 19.0 Å². The van der Waals surface area contributed by atoms with Crippen molar-refractivity contribution in [1.82, 2.24) is 19.9 Å². The minimum atomic E-state index is -1.35. The molecule has 1 fully saturated rings. The van der Waals surface area contributed by atoms with Gasteiger partial charge >= 0.3 is 0 Å². The molecule has 8 nitrogen and oxygen atoms in total. The highest BCUT2D eigenvalue weighted by Crippen LogP contribution is 2.28. The molecule has 32 heavy (non-hydrogen) atoms. The Balaban J connectivity index is 1.47. The molecule has 170 valence electrons. The summed E-state index contributed by atoms with van der Waals surface area (Å²) in [5, 5.41) is 20.3. The Morgan fingerprint density at radius 1 is 1.09 bits per heavy atom. The Kier molecular flexibility index (Phi) is 5.93. The number of fused-ring (bicyclic) bond motifs is 1. The number of nitrogens with two attached hydrogens (primary N) is 1. The zero-order valence-electron chi connectivity index (χ0n) is 18.0. The lowest BCUT2D eigenvalue weighted by atomic mass is 9.98. The van der Waals surface area contributed by atoms with Crippen LogP contribution in [0.25, 0.3) is 11.0 Å². The number of aliphatic hydroxyl groups excluding tert-OH is 1. The smallest absolute Gasteiger partial charge is 0.172 e. The van der Waals surface area contributed by atoms with E-state index in [1.807, 2.05) is 4.90 Å². The summed E-state index contributed by atoms with van der Waals surface area (Å²) in [5.41, 5.74) is 6.57. The van der Waals surface area contributed by atoms with Crippen LogP contribution in [0.3, 0.4) is 0 Å². The fourth-order valence-corrected chi connectivity index (χ4v) is 3.73. The van der Waals surface area contributed by atoms with Crippen molar-refractivity contribution in [3.8, 4) is 0 Å². The molecule has 3 aromatic rings. The number of pyridine rings is 1. The van der Waals surface area contributed by atoms with Gasteiger partial charge in [-0.15, -0.1) is 0 Å². The van der Waals surface area contributed by atoms with E-state index >= 15 is 0 Å². The molecule has 1 unspecified atom stereocenters. The fourth-order valence-electron chi connectivity index (χ4n) is 3.73. The van der Waals surface area contributed by atoms with Crippen molar-refractivity contribution in [1.29, 1.82) is 0 Å². The minimum Gasteiger partial charge on any atom is -0.387 e. The Hall–Kier alpha value is -2.95. The van der Waals surface area contributed by atoms with E-state index in [0.717, 1.165) is 6.07 Å². The molecule has 0 spiro atoms. The second-order valence-corrected chi connectivity index (χ2v) is 8.59. The summed E-state index contributed by atoms with van der Waals surface area (Å²) in [6.45, 7) is 5.95. The number of anilines is 2. The molecule has 1 atom stereocenters. The molecule has 0 radical (unpaired) electrons. The van der Waals surface area contributed by atoms with Gasteiger partial charge in [-0.3, -0.25) is 9.88 Å². The van der Waals surface area contributed by atoms with Crippen LogP contribution in [0.5, 0.6) is 0 Å². The van der Waals surface area contributed by atoms with E-state index in [9.17, 15) is 19.0 Å². The molecule has 1 aliphatic heterocycles. The van der Waals surface area contributed by atoms with E-state index in [0.29, 0.717) is 55.1 Å². The predicted octanol–water partition coefficient (Wildman–Crippen LogP) is 2.01. The summed E-state index contributed by atoms with van der Waals surface area (Å²) in [5.74, 6) is -0.329. The van der Waals surface area contributed by atoms with Gasteiger partial charge in [-0.25, -0.2) is 18.7 Å². The number of benzene rings is 1. The number of piperazine rings is 1. The Morgan fingerprint density at radius 3 is 2.47 bits per heavy atom. The highest BCUT2D eigenvalue weighted by atomic mass is 19.1. The number of hydrogen-bond acceptors (Lipinski definition) is 8. The average Bonchev–Trinajstić information content (AvgIpc) is 2.74. The first-order valence-corrected chi connectivity index (χ1v) is 10.4. The fraction of sp³-hybridized carbons (Fsp3) is 0.409. The Labute approximate surface area is 184 Å². The molecule has 1 aromatic carbocycles. The molecule has 0 amide bonds. The number of aromatic nitrogens is 3. The molecule has 0 aliphatic carbocycles. The lowest BCUT2D eigenvalue weighted by Gasteiger charge is -2.35. The summed E-state index contributed by atoms with van der Waals surface area (Å²) in [6, 6.07) is 5.21. The van der Waals surface area contributed by atoms with Gasteiger partial charge in [-0.2, -0.15) is 0 Å². The standard InChI is InChI=1S/C22H26F2N6O2/c1-22(2,32)19(31)17-10-16-18(11-26-17)28-21(20(25)27-16)30-7-5-29(6-8-30)12-13-3-4-14(23)9-15(13)24/h3-4,9-11,19,31-32H,5-8,12H2,1-2H3,(H2,25,27). The van der Waals surface area contributed by atoms with Crippen molar-refractivity contribution in [2.45, 2.75) is 32.1 Å². The highest BCUT2D eigenvalue weighted by Gasteiger charge is 2.28. The topological polar surface area (TPSA) is 112 Å². The lowest BCUT2D eigenvalue weighted by molar-refractivity contribution is -0.0516. The first kappa shape index (κ1) is 22.3. The molecule has 4 N–H and O–H groups in total. The summed E-state index contributed by atoms with van der Waals surface area (Å²) >= 11 is 0. The van der Waals surface area contributed by atoms with Crippen molar-refractivity contribution in [2.75, 3.05) is 36.8 Å². The molecular formula is C22H26F2N6O2. The van der Waals surface area contributed by atoms with Gasteiger partial charge in [0.25, 0.3) is 0 Å². The monoisotopic (exact) mass is 444 g/mol. The van der Waals surface area contributed by atoms with E-state index in [2.05, 4.69) is 19.9 Å². The molecule has 1 saturated heterocycles. The van der Waals surface area contributed by atoms with Crippen LogP contribution in [0.2, 0.25) is 0 Å². The van der Waals surface area contributed by atoms with Crippen molar-refractivity contribution in [2.24, 2.45) is 0 Å². The SMILES string of the molecule is CC(C)(O)C(O)c1cc2nc(N)c(N3CCN(Cc4ccc(F)cc4F)CC3)nc2cn1. The summed E-state index contributed by atoms with van der Waals surface area (Å²) in [7, 11) is 0.